The second kappa shape index (κ2) is 5.29. The van der Waals surface area contributed by atoms with E-state index in [0.717, 1.165) is 11.1 Å². The van der Waals surface area contributed by atoms with Crippen LogP contribution in [0.25, 0.3) is 0 Å². The molecule has 0 aliphatic carbocycles. The molecule has 84 valence electrons. The Hall–Kier alpha value is -1.86. The minimum Gasteiger partial charge on any atom is -0.479 e. The van der Waals surface area contributed by atoms with Gasteiger partial charge in [-0.25, -0.2) is 4.79 Å². The lowest BCUT2D eigenvalue weighted by Crippen LogP contribution is -2.11. The zero-order valence-corrected chi connectivity index (χ0v) is 8.97. The van der Waals surface area contributed by atoms with Gasteiger partial charge in [-0.1, -0.05) is 18.2 Å². The average molecular weight is 219 g/mol. The summed E-state index contributed by atoms with van der Waals surface area (Å²) in [5, 5.41) is 26.5. The second-order valence-electron chi connectivity index (χ2n) is 3.59. The first-order chi connectivity index (χ1) is 7.56. The first kappa shape index (κ1) is 12.2. The molecular weight excluding hydrogens is 206 g/mol. The maximum absolute atomic E-state index is 10.6. The number of rotatable bonds is 4. The van der Waals surface area contributed by atoms with Crippen LogP contribution in [-0.4, -0.2) is 16.2 Å². The monoisotopic (exact) mass is 219 g/mol. The Kier molecular flexibility index (Phi) is 4.03. The molecule has 1 unspecified atom stereocenters. The van der Waals surface area contributed by atoms with Gasteiger partial charge in [-0.15, -0.1) is 0 Å². The van der Waals surface area contributed by atoms with Crippen molar-refractivity contribution in [3.05, 3.63) is 34.9 Å². The minimum atomic E-state index is -1.48. The lowest BCUT2D eigenvalue weighted by molar-refractivity contribution is -0.147. The Morgan fingerprint density at radius 2 is 2.25 bits per heavy atom. The largest absolute Gasteiger partial charge is 0.479 e. The number of carboxylic acid groups (broad SMARTS) is 1. The molecule has 1 rings (SSSR count). The zero-order chi connectivity index (χ0) is 12.1. The molecule has 0 saturated carbocycles. The summed E-state index contributed by atoms with van der Waals surface area (Å²) in [5.41, 5.74) is 2.10. The van der Waals surface area contributed by atoms with E-state index in [1.807, 2.05) is 6.07 Å². The van der Waals surface area contributed by atoms with E-state index >= 15 is 0 Å². The van der Waals surface area contributed by atoms with E-state index < -0.39 is 12.1 Å². The maximum Gasteiger partial charge on any atom is 0.337 e. The van der Waals surface area contributed by atoms with Gasteiger partial charge < -0.3 is 10.2 Å². The summed E-state index contributed by atoms with van der Waals surface area (Å²) < 4.78 is 0. The van der Waals surface area contributed by atoms with Crippen molar-refractivity contribution >= 4 is 5.97 Å². The summed E-state index contributed by atoms with van der Waals surface area (Å²) in [4.78, 5) is 10.6. The van der Waals surface area contributed by atoms with Crippen molar-refractivity contribution in [3.63, 3.8) is 0 Å². The molecule has 0 amide bonds. The molecule has 0 bridgehead atoms. The standard InChI is InChI=1S/C12H13NO3/c1-8-7-9(3-2-6-13)4-5-10(8)11(14)12(15)16/h4-5,7,11,14H,2-3H2,1H3,(H,15,16). The second-order valence-corrected chi connectivity index (χ2v) is 3.59. The normalized spacial score (nSPS) is 11.8. The van der Waals surface area contributed by atoms with Crippen LogP contribution in [0.15, 0.2) is 18.2 Å². The summed E-state index contributed by atoms with van der Waals surface area (Å²) in [5.74, 6) is -1.26. The van der Waals surface area contributed by atoms with Crippen molar-refractivity contribution in [3.8, 4) is 6.07 Å². The molecule has 4 heteroatoms. The predicted molar refractivity (Wildman–Crippen MR) is 57.7 cm³/mol. The number of hydrogen-bond donors (Lipinski definition) is 2. The van der Waals surface area contributed by atoms with Gasteiger partial charge in [0.15, 0.2) is 6.10 Å². The van der Waals surface area contributed by atoms with Crippen molar-refractivity contribution < 1.29 is 15.0 Å². The number of aliphatic carboxylic acids is 1. The molecule has 0 heterocycles. The Bertz CT molecular complexity index is 434. The smallest absolute Gasteiger partial charge is 0.337 e. The molecule has 1 aromatic carbocycles. The molecule has 0 saturated heterocycles. The number of carboxylic acids is 1. The van der Waals surface area contributed by atoms with E-state index in [1.165, 1.54) is 0 Å². The highest BCUT2D eigenvalue weighted by molar-refractivity contribution is 5.74. The molecule has 0 spiro atoms. The van der Waals surface area contributed by atoms with Crippen LogP contribution in [0.2, 0.25) is 0 Å². The van der Waals surface area contributed by atoms with Gasteiger partial charge in [0, 0.05) is 6.42 Å². The number of aliphatic hydroxyl groups excluding tert-OH is 1. The highest BCUT2D eigenvalue weighted by atomic mass is 16.4. The van der Waals surface area contributed by atoms with E-state index in [-0.39, 0.29) is 0 Å². The predicted octanol–water partition coefficient (Wildman–Crippen LogP) is 1.57. The molecule has 0 aliphatic heterocycles. The molecule has 2 N–H and O–H groups in total. The third kappa shape index (κ3) is 2.81. The SMILES string of the molecule is Cc1cc(CCC#N)ccc1C(O)C(=O)O. The summed E-state index contributed by atoms with van der Waals surface area (Å²) in [6, 6.07) is 7.19. The van der Waals surface area contributed by atoms with Crippen LogP contribution in [0.1, 0.15) is 29.2 Å². The fourth-order valence-corrected chi connectivity index (χ4v) is 1.53. The molecule has 4 nitrogen and oxygen atoms in total. The number of aryl methyl sites for hydroxylation is 2. The number of hydrogen-bond acceptors (Lipinski definition) is 3. The average Bonchev–Trinajstić information content (AvgIpc) is 2.25. The molecule has 0 aromatic heterocycles. The van der Waals surface area contributed by atoms with Gasteiger partial charge in [0.1, 0.15) is 0 Å². The summed E-state index contributed by atoms with van der Waals surface area (Å²) in [7, 11) is 0. The van der Waals surface area contributed by atoms with E-state index in [9.17, 15) is 9.90 Å². The van der Waals surface area contributed by atoms with Crippen LogP contribution in [0.5, 0.6) is 0 Å². The van der Waals surface area contributed by atoms with Crippen molar-refractivity contribution in [2.75, 3.05) is 0 Å². The lowest BCUT2D eigenvalue weighted by Gasteiger charge is -2.10. The van der Waals surface area contributed by atoms with Gasteiger partial charge in [0.05, 0.1) is 6.07 Å². The van der Waals surface area contributed by atoms with Gasteiger partial charge in [-0.05, 0) is 30.0 Å². The van der Waals surface area contributed by atoms with Crippen molar-refractivity contribution in [2.24, 2.45) is 0 Å². The fraction of sp³-hybridized carbons (Fsp3) is 0.333. The molecule has 0 radical (unpaired) electrons. The van der Waals surface area contributed by atoms with Crippen LogP contribution in [0.3, 0.4) is 0 Å². The van der Waals surface area contributed by atoms with E-state index in [1.54, 1.807) is 25.1 Å². The van der Waals surface area contributed by atoms with Crippen LogP contribution in [0.4, 0.5) is 0 Å². The highest BCUT2D eigenvalue weighted by Gasteiger charge is 2.17. The van der Waals surface area contributed by atoms with Crippen LogP contribution in [0, 0.1) is 18.3 Å². The Balaban J connectivity index is 2.92. The number of aliphatic hydroxyl groups is 1. The van der Waals surface area contributed by atoms with E-state index in [0.29, 0.717) is 18.4 Å². The fourth-order valence-electron chi connectivity index (χ4n) is 1.53. The van der Waals surface area contributed by atoms with Gasteiger partial charge in [-0.3, -0.25) is 0 Å². The van der Waals surface area contributed by atoms with Crippen molar-refractivity contribution in [1.82, 2.24) is 0 Å². The lowest BCUT2D eigenvalue weighted by atomic mass is 9.99. The van der Waals surface area contributed by atoms with Gasteiger partial charge in [0.2, 0.25) is 0 Å². The maximum atomic E-state index is 10.6. The molecule has 16 heavy (non-hydrogen) atoms. The molecule has 1 aromatic rings. The quantitative estimate of drug-likeness (QED) is 0.805. The third-order valence-corrected chi connectivity index (χ3v) is 2.39. The molecule has 1 atom stereocenters. The minimum absolute atomic E-state index is 0.396. The number of nitrogens with zero attached hydrogens (tertiary/aromatic N) is 1. The van der Waals surface area contributed by atoms with Gasteiger partial charge in [-0.2, -0.15) is 5.26 Å². The van der Waals surface area contributed by atoms with Crippen LogP contribution in [-0.2, 0) is 11.2 Å². The summed E-state index contributed by atoms with van der Waals surface area (Å²) in [6.45, 7) is 1.75. The Labute approximate surface area is 93.8 Å². The van der Waals surface area contributed by atoms with Gasteiger partial charge in [0.25, 0.3) is 0 Å². The van der Waals surface area contributed by atoms with Crippen molar-refractivity contribution in [2.45, 2.75) is 25.9 Å². The van der Waals surface area contributed by atoms with Crippen LogP contribution < -0.4 is 0 Å². The first-order valence-electron chi connectivity index (χ1n) is 4.93. The first-order valence-corrected chi connectivity index (χ1v) is 4.93. The zero-order valence-electron chi connectivity index (χ0n) is 8.97. The third-order valence-electron chi connectivity index (χ3n) is 2.39. The molecule has 0 aliphatic rings. The topological polar surface area (TPSA) is 81.3 Å². The Morgan fingerprint density at radius 1 is 1.56 bits per heavy atom. The Morgan fingerprint density at radius 3 is 2.75 bits per heavy atom. The highest BCUT2D eigenvalue weighted by Crippen LogP contribution is 2.19. The number of benzene rings is 1. The van der Waals surface area contributed by atoms with E-state index in [2.05, 4.69) is 0 Å². The van der Waals surface area contributed by atoms with Gasteiger partial charge >= 0.3 is 5.97 Å². The molecular formula is C12H13NO3. The van der Waals surface area contributed by atoms with Crippen molar-refractivity contribution in [1.29, 1.82) is 5.26 Å². The number of carbonyl (C=O) groups is 1. The molecule has 0 fully saturated rings. The summed E-state index contributed by atoms with van der Waals surface area (Å²) in [6.07, 6.45) is -0.411. The van der Waals surface area contributed by atoms with Crippen LogP contribution >= 0.6 is 0 Å². The number of nitriles is 1. The van der Waals surface area contributed by atoms with E-state index in [4.69, 9.17) is 10.4 Å². The summed E-state index contributed by atoms with van der Waals surface area (Å²) >= 11 is 0.